The number of halogens is 1. The molecule has 7 heteroatoms. The number of methoxy groups -OCH3 is 1. The Hall–Kier alpha value is -3.94. The summed E-state index contributed by atoms with van der Waals surface area (Å²) >= 11 is 0. The summed E-state index contributed by atoms with van der Waals surface area (Å²) in [5, 5.41) is 3.16. The molecule has 1 N–H and O–H groups in total. The summed E-state index contributed by atoms with van der Waals surface area (Å²) < 4.78 is 25.1. The first kappa shape index (κ1) is 27.6. The molecule has 2 heterocycles. The lowest BCUT2D eigenvalue weighted by molar-refractivity contribution is 0.0876. The molecule has 3 aromatic carbocycles. The van der Waals surface area contributed by atoms with Gasteiger partial charge in [-0.15, -0.1) is 0 Å². The Morgan fingerprint density at radius 3 is 2.35 bits per heavy atom. The number of nitrogens with one attached hydrogen (secondary N) is 1. The van der Waals surface area contributed by atoms with Crippen LogP contribution in [0.15, 0.2) is 95.4 Å². The van der Waals surface area contributed by atoms with Gasteiger partial charge in [-0.25, -0.2) is 4.39 Å². The molecule has 1 amide bonds. The molecule has 1 aliphatic rings. The maximum Gasteiger partial charge on any atom is 0.287 e. The molecule has 40 heavy (non-hydrogen) atoms. The lowest BCUT2D eigenvalue weighted by Crippen LogP contribution is -2.44. The third-order valence-corrected chi connectivity index (χ3v) is 7.30. The summed E-state index contributed by atoms with van der Waals surface area (Å²) in [5.41, 5.74) is 3.28. The molecule has 4 aromatic rings. The third-order valence-electron chi connectivity index (χ3n) is 7.30. The summed E-state index contributed by atoms with van der Waals surface area (Å²) in [7, 11) is 1.64. The van der Waals surface area contributed by atoms with E-state index in [0.29, 0.717) is 31.2 Å². The highest BCUT2D eigenvalue weighted by Gasteiger charge is 2.23. The van der Waals surface area contributed by atoms with Crippen LogP contribution in [0.25, 0.3) is 0 Å². The predicted molar refractivity (Wildman–Crippen MR) is 153 cm³/mol. The van der Waals surface area contributed by atoms with Crippen molar-refractivity contribution in [2.75, 3.05) is 20.2 Å². The van der Waals surface area contributed by atoms with Gasteiger partial charge in [-0.05, 0) is 65.9 Å². The number of ether oxygens (including phenoxy) is 1. The van der Waals surface area contributed by atoms with E-state index in [4.69, 9.17) is 9.15 Å². The standard InChI is InChI=1S/C33H36FN3O3/c1-39-30-12-10-26(11-13-30)22-37(23-27-8-5-9-28(34)20-27)24-31-14-15-32(40-31)33(38)35-29-16-18-36(19-17-29)21-25-6-3-2-4-7-25/h2-15,20,29H,16-19,21-24H2,1H3,(H,35,38). The Morgan fingerprint density at radius 2 is 1.62 bits per heavy atom. The van der Waals surface area contributed by atoms with Gasteiger partial charge in [0, 0.05) is 38.8 Å². The smallest absolute Gasteiger partial charge is 0.287 e. The molecular weight excluding hydrogens is 505 g/mol. The Bertz CT molecular complexity index is 1370. The molecular formula is C33H36FN3O3. The average Bonchev–Trinajstić information content (AvgIpc) is 3.44. The second-order valence-corrected chi connectivity index (χ2v) is 10.4. The lowest BCUT2D eigenvalue weighted by Gasteiger charge is -2.32. The number of nitrogens with zero attached hydrogens (tertiary/aromatic N) is 2. The van der Waals surface area contributed by atoms with Crippen LogP contribution in [-0.4, -0.2) is 41.9 Å². The van der Waals surface area contributed by atoms with Gasteiger partial charge in [0.25, 0.3) is 5.91 Å². The minimum Gasteiger partial charge on any atom is -0.497 e. The number of likely N-dealkylation sites (tertiary alicyclic amines) is 1. The van der Waals surface area contributed by atoms with E-state index < -0.39 is 0 Å². The van der Waals surface area contributed by atoms with Crippen molar-refractivity contribution >= 4 is 5.91 Å². The molecule has 1 fully saturated rings. The summed E-state index contributed by atoms with van der Waals surface area (Å²) in [6, 6.07) is 28.7. The predicted octanol–water partition coefficient (Wildman–Crippen LogP) is 6.02. The highest BCUT2D eigenvalue weighted by Crippen LogP contribution is 2.20. The van der Waals surface area contributed by atoms with Crippen LogP contribution in [0.1, 0.15) is 45.8 Å². The first-order chi connectivity index (χ1) is 19.5. The van der Waals surface area contributed by atoms with Gasteiger partial charge in [-0.1, -0.05) is 54.6 Å². The second-order valence-electron chi connectivity index (χ2n) is 10.4. The number of hydrogen-bond acceptors (Lipinski definition) is 5. The van der Waals surface area contributed by atoms with Gasteiger partial charge < -0.3 is 14.5 Å². The van der Waals surface area contributed by atoms with E-state index >= 15 is 0 Å². The monoisotopic (exact) mass is 541 g/mol. The van der Waals surface area contributed by atoms with Crippen molar-refractivity contribution in [3.05, 3.63) is 125 Å². The van der Waals surface area contributed by atoms with E-state index in [-0.39, 0.29) is 17.8 Å². The van der Waals surface area contributed by atoms with Gasteiger partial charge in [0.15, 0.2) is 5.76 Å². The van der Waals surface area contributed by atoms with Crippen LogP contribution >= 0.6 is 0 Å². The molecule has 0 bridgehead atoms. The molecule has 0 spiro atoms. The summed E-state index contributed by atoms with van der Waals surface area (Å²) in [6.45, 7) is 4.48. The summed E-state index contributed by atoms with van der Waals surface area (Å²) in [4.78, 5) is 17.6. The molecule has 0 aliphatic carbocycles. The first-order valence-corrected chi connectivity index (χ1v) is 13.8. The minimum atomic E-state index is -0.259. The van der Waals surface area contributed by atoms with Crippen LogP contribution in [0.2, 0.25) is 0 Å². The number of carbonyl (C=O) groups is 1. The molecule has 1 aromatic heterocycles. The van der Waals surface area contributed by atoms with Crippen molar-refractivity contribution in [2.24, 2.45) is 0 Å². The first-order valence-electron chi connectivity index (χ1n) is 13.8. The zero-order chi connectivity index (χ0) is 27.7. The van der Waals surface area contributed by atoms with E-state index in [0.717, 1.165) is 49.4 Å². The second kappa shape index (κ2) is 13.4. The number of benzene rings is 3. The van der Waals surface area contributed by atoms with Crippen LogP contribution in [-0.2, 0) is 26.2 Å². The van der Waals surface area contributed by atoms with Gasteiger partial charge in [-0.2, -0.15) is 0 Å². The largest absolute Gasteiger partial charge is 0.497 e. The van der Waals surface area contributed by atoms with Crippen molar-refractivity contribution in [1.82, 2.24) is 15.1 Å². The summed E-state index contributed by atoms with van der Waals surface area (Å²) in [5.74, 6) is 1.36. The zero-order valence-electron chi connectivity index (χ0n) is 22.9. The SMILES string of the molecule is COc1ccc(CN(Cc2cccc(F)c2)Cc2ccc(C(=O)NC3CCN(Cc4ccccc4)CC3)o2)cc1. The van der Waals surface area contributed by atoms with E-state index in [9.17, 15) is 9.18 Å². The molecule has 6 nitrogen and oxygen atoms in total. The molecule has 5 rings (SSSR count). The van der Waals surface area contributed by atoms with Gasteiger partial charge in [-0.3, -0.25) is 14.6 Å². The topological polar surface area (TPSA) is 58.0 Å². The number of piperidine rings is 1. The Labute approximate surface area is 235 Å². The number of hydrogen-bond donors (Lipinski definition) is 1. The van der Waals surface area contributed by atoms with E-state index in [1.165, 1.54) is 11.6 Å². The molecule has 0 unspecified atom stereocenters. The number of amides is 1. The van der Waals surface area contributed by atoms with E-state index in [1.54, 1.807) is 25.3 Å². The normalized spacial score (nSPS) is 14.4. The fourth-order valence-electron chi connectivity index (χ4n) is 5.19. The molecule has 0 radical (unpaired) electrons. The fourth-order valence-corrected chi connectivity index (χ4v) is 5.19. The zero-order valence-corrected chi connectivity index (χ0v) is 22.9. The van der Waals surface area contributed by atoms with E-state index in [2.05, 4.69) is 39.4 Å². The Balaban J connectivity index is 1.17. The average molecular weight is 542 g/mol. The van der Waals surface area contributed by atoms with Crippen molar-refractivity contribution in [3.8, 4) is 5.75 Å². The summed E-state index contributed by atoms with van der Waals surface area (Å²) in [6.07, 6.45) is 1.82. The Kier molecular flexibility index (Phi) is 9.26. The van der Waals surface area contributed by atoms with Crippen LogP contribution in [0.3, 0.4) is 0 Å². The van der Waals surface area contributed by atoms with Gasteiger partial charge in [0.1, 0.15) is 17.3 Å². The fraction of sp³-hybridized carbons (Fsp3) is 0.303. The van der Waals surface area contributed by atoms with Crippen LogP contribution < -0.4 is 10.1 Å². The van der Waals surface area contributed by atoms with Gasteiger partial charge >= 0.3 is 0 Å². The van der Waals surface area contributed by atoms with Gasteiger partial charge in [0.2, 0.25) is 0 Å². The maximum atomic E-state index is 13.9. The third kappa shape index (κ3) is 7.81. The molecule has 0 saturated carbocycles. The van der Waals surface area contributed by atoms with Crippen molar-refractivity contribution in [1.29, 1.82) is 0 Å². The molecule has 0 atom stereocenters. The lowest BCUT2D eigenvalue weighted by atomic mass is 10.0. The van der Waals surface area contributed by atoms with Crippen LogP contribution in [0, 0.1) is 5.82 Å². The number of carbonyl (C=O) groups excluding carboxylic acids is 1. The van der Waals surface area contributed by atoms with Crippen molar-refractivity contribution in [3.63, 3.8) is 0 Å². The minimum absolute atomic E-state index is 0.132. The number of rotatable bonds is 11. The maximum absolute atomic E-state index is 13.9. The van der Waals surface area contributed by atoms with Crippen LogP contribution in [0.4, 0.5) is 4.39 Å². The molecule has 1 saturated heterocycles. The highest BCUT2D eigenvalue weighted by molar-refractivity contribution is 5.91. The quantitative estimate of drug-likeness (QED) is 0.252. The highest BCUT2D eigenvalue weighted by atomic mass is 19.1. The molecule has 208 valence electrons. The van der Waals surface area contributed by atoms with Crippen molar-refractivity contribution < 1.29 is 18.3 Å². The Morgan fingerprint density at radius 1 is 0.900 bits per heavy atom. The van der Waals surface area contributed by atoms with Crippen molar-refractivity contribution in [2.45, 2.75) is 45.1 Å². The van der Waals surface area contributed by atoms with Crippen LogP contribution in [0.5, 0.6) is 5.75 Å². The molecule has 1 aliphatic heterocycles. The number of furan rings is 1. The van der Waals surface area contributed by atoms with E-state index in [1.807, 2.05) is 42.5 Å². The van der Waals surface area contributed by atoms with Gasteiger partial charge in [0.05, 0.1) is 13.7 Å².